The van der Waals surface area contributed by atoms with Gasteiger partial charge in [0.15, 0.2) is 0 Å². The van der Waals surface area contributed by atoms with Crippen molar-refractivity contribution in [3.63, 3.8) is 0 Å². The van der Waals surface area contributed by atoms with Crippen molar-refractivity contribution in [2.45, 2.75) is 19.6 Å². The molecule has 0 N–H and O–H groups in total. The quantitative estimate of drug-likeness (QED) is 0.117. The van der Waals surface area contributed by atoms with Gasteiger partial charge in [0.2, 0.25) is 0 Å². The predicted molar refractivity (Wildman–Crippen MR) is 254 cm³/mol. The summed E-state index contributed by atoms with van der Waals surface area (Å²) in [7, 11) is -1.87. The third kappa shape index (κ3) is 3.09. The van der Waals surface area contributed by atoms with Crippen molar-refractivity contribution in [2.75, 3.05) is 0 Å². The zero-order chi connectivity index (χ0) is 38.4. The minimum atomic E-state index is -1.87. The van der Waals surface area contributed by atoms with Gasteiger partial charge in [-0.15, -0.1) is 0 Å². The van der Waals surface area contributed by atoms with E-state index in [0.29, 0.717) is 0 Å². The minimum Gasteiger partial charge on any atom is -0.294 e. The lowest BCUT2D eigenvalue weighted by molar-refractivity contribution is 1.12. The van der Waals surface area contributed by atoms with Crippen molar-refractivity contribution >= 4 is 135 Å². The molecule has 0 aliphatic carbocycles. The number of benzene rings is 9. The first-order valence-corrected chi connectivity index (χ1v) is 24.5. The molecule has 13 aromatic rings. The van der Waals surface area contributed by atoms with Crippen molar-refractivity contribution in [2.24, 2.45) is 0 Å². The Balaban J connectivity index is 1.28. The topological polar surface area (TPSA) is 18.7 Å². The summed E-state index contributed by atoms with van der Waals surface area (Å²) < 4.78 is 10.8. The monoisotopic (exact) mass is 764 g/mol. The van der Waals surface area contributed by atoms with Crippen LogP contribution in [0.15, 0.2) is 146 Å². The van der Waals surface area contributed by atoms with Gasteiger partial charge in [-0.1, -0.05) is 146 Å². The highest BCUT2D eigenvalue weighted by atomic mass is 28.3. The van der Waals surface area contributed by atoms with E-state index < -0.39 is 8.07 Å². The molecule has 0 saturated heterocycles. The Kier molecular flexibility index (Phi) is 4.83. The fourth-order valence-corrected chi connectivity index (χ4v) is 13.7. The second-order valence-electron chi connectivity index (χ2n) is 18.4. The fraction of sp³-hybridized carbons (Fsp3) is 0.0566. The first-order valence-electron chi connectivity index (χ1n) is 21.0. The first-order chi connectivity index (χ1) is 29.0. The van der Waals surface area contributed by atoms with Crippen molar-refractivity contribution in [1.82, 2.24) is 17.9 Å². The second kappa shape index (κ2) is 9.47. The van der Waals surface area contributed by atoms with Gasteiger partial charge in [0, 0.05) is 43.7 Å². The lowest BCUT2D eigenvalue weighted by Crippen LogP contribution is -2.59. The van der Waals surface area contributed by atoms with E-state index in [1.807, 2.05) is 0 Å². The molecule has 0 fully saturated rings. The molecule has 3 aliphatic rings. The molecule has 3 aliphatic heterocycles. The molecule has 0 spiro atoms. The van der Waals surface area contributed by atoms with E-state index in [4.69, 9.17) is 0 Å². The number of fused-ring (bicyclic) bond motifs is 21. The van der Waals surface area contributed by atoms with Crippen LogP contribution >= 0.6 is 0 Å². The number of nitrogens with zero attached hydrogens (tertiary/aromatic N) is 4. The lowest BCUT2D eigenvalue weighted by atomic mass is 9.34. The van der Waals surface area contributed by atoms with Gasteiger partial charge in [0.05, 0.1) is 41.2 Å². The molecule has 0 saturated carbocycles. The molecule has 0 bridgehead atoms. The van der Waals surface area contributed by atoms with E-state index in [9.17, 15) is 0 Å². The summed E-state index contributed by atoms with van der Waals surface area (Å²) in [6.45, 7) is 7.61. The molecular weight excluding hydrogens is 732 g/mol. The Morgan fingerprint density at radius 1 is 0.390 bits per heavy atom. The van der Waals surface area contributed by atoms with Crippen LogP contribution in [0.4, 0.5) is 0 Å². The normalized spacial score (nSPS) is 14.0. The molecule has 16 rings (SSSR count). The molecule has 0 atom stereocenters. The van der Waals surface area contributed by atoms with Crippen LogP contribution < -0.4 is 21.6 Å². The molecular formula is C53H33BN4Si. The number of imidazole rings is 2. The Morgan fingerprint density at radius 3 is 1.15 bits per heavy atom. The van der Waals surface area contributed by atoms with Crippen LogP contribution in [0.2, 0.25) is 19.6 Å². The molecule has 272 valence electrons. The fourth-order valence-electron chi connectivity index (χ4n) is 12.6. The molecule has 6 heteroatoms. The molecule has 59 heavy (non-hydrogen) atoms. The maximum absolute atomic E-state index is 2.73. The summed E-state index contributed by atoms with van der Waals surface area (Å²) in [6.07, 6.45) is 0. The third-order valence-electron chi connectivity index (χ3n) is 14.7. The number of rotatable bonds is 1. The largest absolute Gasteiger partial charge is 0.294 e. The summed E-state index contributed by atoms with van der Waals surface area (Å²) in [6, 6.07) is 56.0. The highest BCUT2D eigenvalue weighted by Gasteiger charge is 2.48. The van der Waals surface area contributed by atoms with Gasteiger partial charge in [0.25, 0.3) is 6.71 Å². The van der Waals surface area contributed by atoms with E-state index in [2.05, 4.69) is 183 Å². The Bertz CT molecular complexity index is 3980. The summed E-state index contributed by atoms with van der Waals surface area (Å²) >= 11 is 0. The van der Waals surface area contributed by atoms with Gasteiger partial charge < -0.3 is 0 Å². The van der Waals surface area contributed by atoms with E-state index in [-0.39, 0.29) is 6.71 Å². The summed E-state index contributed by atoms with van der Waals surface area (Å²) in [4.78, 5) is 0. The van der Waals surface area contributed by atoms with Crippen molar-refractivity contribution < 1.29 is 0 Å². The molecule has 0 amide bonds. The van der Waals surface area contributed by atoms with Crippen LogP contribution in [0, 0.1) is 0 Å². The van der Waals surface area contributed by atoms with E-state index >= 15 is 0 Å². The minimum absolute atomic E-state index is 0.0594. The maximum Gasteiger partial charge on any atom is 0.258 e. The van der Waals surface area contributed by atoms with Crippen molar-refractivity contribution in [3.05, 3.63) is 146 Å². The van der Waals surface area contributed by atoms with Gasteiger partial charge >= 0.3 is 0 Å². The molecule has 0 unspecified atom stereocenters. The summed E-state index contributed by atoms with van der Waals surface area (Å²) in [5.74, 6) is 0. The highest BCUT2D eigenvalue weighted by Crippen LogP contribution is 2.49. The van der Waals surface area contributed by atoms with Crippen LogP contribution in [0.25, 0.3) is 121 Å². The lowest BCUT2D eigenvalue weighted by Gasteiger charge is -2.33. The standard InChI is InChI=1S/C53H33BN4Si/c1-59(2,3)28-26-41-45-42(27-28)58-51-38-21-11-7-17-32(38)30-15-5-9-19-36(30)49(51)56-40-25-13-23-34-33-22-12-24-39-43(33)46(54(45)47(44(34)40)53(56)58)52-55(39)48-35-18-8-4-14-29(35)31-16-6-10-20-37(31)50(48)57(41)52/h4-27H,1-3H3. The van der Waals surface area contributed by atoms with Crippen LogP contribution in [-0.4, -0.2) is 32.7 Å². The van der Waals surface area contributed by atoms with Gasteiger partial charge in [-0.05, 0) is 73.3 Å². The third-order valence-corrected chi connectivity index (χ3v) is 16.7. The Morgan fingerprint density at radius 2 is 0.763 bits per heavy atom. The number of hydrogen-bond acceptors (Lipinski definition) is 0. The highest BCUT2D eigenvalue weighted by molar-refractivity contribution is 7.03. The van der Waals surface area contributed by atoms with E-state index in [0.717, 1.165) is 0 Å². The summed E-state index contributed by atoms with van der Waals surface area (Å²) in [5.41, 5.74) is 20.1. The molecule has 0 radical (unpaired) electrons. The molecule has 7 heterocycles. The van der Waals surface area contributed by atoms with Crippen molar-refractivity contribution in [1.29, 1.82) is 0 Å². The molecule has 4 nitrogen and oxygen atoms in total. The van der Waals surface area contributed by atoms with Crippen LogP contribution in [-0.2, 0) is 0 Å². The zero-order valence-electron chi connectivity index (χ0n) is 32.7. The van der Waals surface area contributed by atoms with Gasteiger partial charge in [0.1, 0.15) is 11.3 Å². The van der Waals surface area contributed by atoms with Gasteiger partial charge in [-0.2, -0.15) is 0 Å². The van der Waals surface area contributed by atoms with E-state index in [1.54, 1.807) is 0 Å². The van der Waals surface area contributed by atoms with Crippen LogP contribution in [0.3, 0.4) is 0 Å². The van der Waals surface area contributed by atoms with E-state index in [1.165, 1.54) is 142 Å². The molecule has 4 aromatic heterocycles. The smallest absolute Gasteiger partial charge is 0.258 e. The Hall–Kier alpha value is -7.02. The average molecular weight is 765 g/mol. The molecule has 9 aromatic carbocycles. The zero-order valence-corrected chi connectivity index (χ0v) is 33.7. The summed E-state index contributed by atoms with van der Waals surface area (Å²) in [5, 5.41) is 14.7. The predicted octanol–water partition coefficient (Wildman–Crippen LogP) is 10.7. The second-order valence-corrected chi connectivity index (χ2v) is 23.5. The van der Waals surface area contributed by atoms with Gasteiger partial charge in [-0.3, -0.25) is 17.9 Å². The number of hydrogen-bond donors (Lipinski definition) is 0. The van der Waals surface area contributed by atoms with Crippen molar-refractivity contribution in [3.8, 4) is 22.5 Å². The first kappa shape index (κ1) is 30.1. The number of aromatic nitrogens is 4. The van der Waals surface area contributed by atoms with Crippen LogP contribution in [0.5, 0.6) is 0 Å². The average Bonchev–Trinajstić information content (AvgIpc) is 3.99. The van der Waals surface area contributed by atoms with Crippen LogP contribution in [0.1, 0.15) is 0 Å². The maximum atomic E-state index is 2.73. The SMILES string of the molecule is C[Si](C)(C)c1cc2c3c(c1)-n1c4c5ccccc5c5ccccc5c4n4c5cccc6c5c(c14)B3c1c3c-6cccc3n3c4c5ccccc5c5ccccc5c4n-2c13. The Labute approximate surface area is 338 Å². The van der Waals surface area contributed by atoms with Gasteiger partial charge in [-0.25, -0.2) is 0 Å².